The number of aromatic nitrogens is 4. The molecule has 0 fully saturated rings. The third-order valence-corrected chi connectivity index (χ3v) is 3.34. The molecule has 0 radical (unpaired) electrons. The average molecular weight is 295 g/mol. The van der Waals surface area contributed by atoms with E-state index < -0.39 is 0 Å². The molecule has 1 aromatic carbocycles. The Kier molecular flexibility index (Phi) is 3.69. The monoisotopic (exact) mass is 295 g/mol. The van der Waals surface area contributed by atoms with Crippen molar-refractivity contribution in [1.82, 2.24) is 19.9 Å². The van der Waals surface area contributed by atoms with Crippen molar-refractivity contribution in [2.24, 2.45) is 0 Å². The second-order valence-electron chi connectivity index (χ2n) is 4.90. The van der Waals surface area contributed by atoms with Crippen LogP contribution in [-0.4, -0.2) is 19.9 Å². The lowest BCUT2D eigenvalue weighted by Crippen LogP contribution is -2.07. The van der Waals surface area contributed by atoms with E-state index in [1.807, 2.05) is 12.1 Å². The molecule has 0 unspecified atom stereocenters. The molecule has 3 aromatic rings. The summed E-state index contributed by atoms with van der Waals surface area (Å²) in [6, 6.07) is 8.29. The summed E-state index contributed by atoms with van der Waals surface area (Å²) in [6.07, 6.45) is 2.68. The number of anilines is 3. The zero-order chi connectivity index (χ0) is 15.5. The summed E-state index contributed by atoms with van der Waals surface area (Å²) in [7, 11) is 0. The van der Waals surface area contributed by atoms with Gasteiger partial charge in [0.1, 0.15) is 0 Å². The quantitative estimate of drug-likeness (QED) is 0.671. The Morgan fingerprint density at radius 3 is 2.55 bits per heavy atom. The van der Waals surface area contributed by atoms with Crippen LogP contribution in [0, 0.1) is 0 Å². The highest BCUT2D eigenvalue weighted by Gasteiger charge is 2.07. The number of rotatable bonds is 4. The highest BCUT2D eigenvalue weighted by atomic mass is 15.1. The normalized spacial score (nSPS) is 10.8. The van der Waals surface area contributed by atoms with Crippen LogP contribution >= 0.6 is 0 Å². The van der Waals surface area contributed by atoms with Gasteiger partial charge < -0.3 is 16.8 Å². The van der Waals surface area contributed by atoms with Crippen LogP contribution in [0.25, 0.3) is 11.2 Å². The molecule has 2 aromatic heterocycles. The second-order valence-corrected chi connectivity index (χ2v) is 4.90. The predicted octanol–water partition coefficient (Wildman–Crippen LogP) is 1.76. The van der Waals surface area contributed by atoms with Crippen molar-refractivity contribution >= 4 is 28.6 Å². The third-order valence-electron chi connectivity index (χ3n) is 3.34. The highest BCUT2D eigenvalue weighted by Crippen LogP contribution is 2.15. The number of aryl methyl sites for hydroxylation is 1. The van der Waals surface area contributed by atoms with Gasteiger partial charge in [0.05, 0.1) is 18.4 Å². The van der Waals surface area contributed by atoms with Crippen LogP contribution in [0.1, 0.15) is 18.2 Å². The molecule has 0 saturated carbocycles. The summed E-state index contributed by atoms with van der Waals surface area (Å²) in [5.41, 5.74) is 15.3. The summed E-state index contributed by atoms with van der Waals surface area (Å²) in [5.74, 6) is 0.338. The highest BCUT2D eigenvalue weighted by molar-refractivity contribution is 5.81. The molecule has 0 aliphatic carbocycles. The van der Waals surface area contributed by atoms with Gasteiger partial charge in [-0.1, -0.05) is 19.1 Å². The molecule has 0 aliphatic rings. The minimum Gasteiger partial charge on any atom is -0.382 e. The molecule has 0 amide bonds. The standard InChI is InChI=1S/C15H17N7/c1-2-9-3-5-10(6-4-9)18-7-11-8-19-14-12(20-11)13(16)21-15(17)22-14/h3-6,8,18H,2,7H2,1H3,(H4,16,17,19,21,22). The number of nitrogens with two attached hydrogens (primary N) is 2. The number of nitrogens with zero attached hydrogens (tertiary/aromatic N) is 4. The first kappa shape index (κ1) is 14.0. The molecular formula is C15H17N7. The summed E-state index contributed by atoms with van der Waals surface area (Å²) < 4.78 is 0. The molecule has 3 rings (SSSR count). The maximum absolute atomic E-state index is 5.81. The van der Waals surface area contributed by atoms with Crippen molar-refractivity contribution in [1.29, 1.82) is 0 Å². The van der Waals surface area contributed by atoms with Crippen LogP contribution in [0.4, 0.5) is 17.5 Å². The first-order valence-electron chi connectivity index (χ1n) is 7.03. The van der Waals surface area contributed by atoms with E-state index in [4.69, 9.17) is 11.5 Å². The Hall–Kier alpha value is -2.96. The summed E-state index contributed by atoms with van der Waals surface area (Å²) in [4.78, 5) is 16.6. The maximum Gasteiger partial charge on any atom is 0.224 e. The molecule has 0 atom stereocenters. The summed E-state index contributed by atoms with van der Waals surface area (Å²) >= 11 is 0. The van der Waals surface area contributed by atoms with Gasteiger partial charge in [-0.15, -0.1) is 0 Å². The number of nitrogen functional groups attached to an aromatic ring is 2. The van der Waals surface area contributed by atoms with Crippen LogP contribution in [0.2, 0.25) is 0 Å². The van der Waals surface area contributed by atoms with Crippen molar-refractivity contribution in [2.45, 2.75) is 19.9 Å². The summed E-state index contributed by atoms with van der Waals surface area (Å²) in [5, 5.41) is 3.30. The lowest BCUT2D eigenvalue weighted by atomic mass is 10.1. The molecule has 0 bridgehead atoms. The SMILES string of the molecule is CCc1ccc(NCc2cnc3nc(N)nc(N)c3n2)cc1. The molecule has 2 heterocycles. The maximum atomic E-state index is 5.81. The number of fused-ring (bicyclic) bond motifs is 1. The first-order valence-corrected chi connectivity index (χ1v) is 7.03. The topological polar surface area (TPSA) is 116 Å². The molecule has 112 valence electrons. The Balaban J connectivity index is 1.78. The van der Waals surface area contributed by atoms with E-state index in [-0.39, 0.29) is 11.8 Å². The molecule has 0 spiro atoms. The van der Waals surface area contributed by atoms with Crippen molar-refractivity contribution in [2.75, 3.05) is 16.8 Å². The number of hydrogen-bond acceptors (Lipinski definition) is 7. The number of benzene rings is 1. The van der Waals surface area contributed by atoms with Crippen molar-refractivity contribution in [3.63, 3.8) is 0 Å². The lowest BCUT2D eigenvalue weighted by Gasteiger charge is -2.08. The van der Waals surface area contributed by atoms with Gasteiger partial charge in [-0.25, -0.2) is 9.97 Å². The zero-order valence-electron chi connectivity index (χ0n) is 12.2. The van der Waals surface area contributed by atoms with Crippen LogP contribution in [0.3, 0.4) is 0 Å². The van der Waals surface area contributed by atoms with E-state index in [2.05, 4.69) is 44.3 Å². The van der Waals surface area contributed by atoms with Crippen LogP contribution in [-0.2, 0) is 13.0 Å². The Labute approximate surface area is 127 Å². The zero-order valence-corrected chi connectivity index (χ0v) is 12.2. The summed E-state index contributed by atoms with van der Waals surface area (Å²) in [6.45, 7) is 2.67. The first-order chi connectivity index (χ1) is 10.7. The van der Waals surface area contributed by atoms with Gasteiger partial charge in [0.15, 0.2) is 17.0 Å². The molecule has 22 heavy (non-hydrogen) atoms. The number of nitrogens with one attached hydrogen (secondary N) is 1. The molecule has 0 saturated heterocycles. The van der Waals surface area contributed by atoms with Gasteiger partial charge >= 0.3 is 0 Å². The number of hydrogen-bond donors (Lipinski definition) is 3. The molecule has 5 N–H and O–H groups in total. The molecule has 0 aliphatic heterocycles. The van der Waals surface area contributed by atoms with E-state index in [1.54, 1.807) is 6.20 Å². The van der Waals surface area contributed by atoms with Crippen molar-refractivity contribution in [3.8, 4) is 0 Å². The van der Waals surface area contributed by atoms with Gasteiger partial charge in [-0.2, -0.15) is 9.97 Å². The minimum absolute atomic E-state index is 0.0983. The second kappa shape index (κ2) is 5.80. The van der Waals surface area contributed by atoms with E-state index in [9.17, 15) is 0 Å². The van der Waals surface area contributed by atoms with Crippen LogP contribution < -0.4 is 16.8 Å². The van der Waals surface area contributed by atoms with Crippen molar-refractivity contribution in [3.05, 3.63) is 41.7 Å². The van der Waals surface area contributed by atoms with Crippen LogP contribution in [0.15, 0.2) is 30.5 Å². The fraction of sp³-hybridized carbons (Fsp3) is 0.200. The predicted molar refractivity (Wildman–Crippen MR) is 87.1 cm³/mol. The Bertz CT molecular complexity index is 799. The third kappa shape index (κ3) is 2.88. The van der Waals surface area contributed by atoms with E-state index >= 15 is 0 Å². The molecular weight excluding hydrogens is 278 g/mol. The lowest BCUT2D eigenvalue weighted by molar-refractivity contribution is 1.03. The van der Waals surface area contributed by atoms with Gasteiger partial charge in [0.2, 0.25) is 5.95 Å². The van der Waals surface area contributed by atoms with E-state index in [1.165, 1.54) is 5.56 Å². The Morgan fingerprint density at radius 1 is 1.05 bits per heavy atom. The fourth-order valence-corrected chi connectivity index (χ4v) is 2.12. The van der Waals surface area contributed by atoms with Gasteiger partial charge in [-0.05, 0) is 24.1 Å². The van der Waals surface area contributed by atoms with Crippen LogP contribution in [0.5, 0.6) is 0 Å². The fourth-order valence-electron chi connectivity index (χ4n) is 2.12. The molecule has 7 nitrogen and oxygen atoms in total. The van der Waals surface area contributed by atoms with Gasteiger partial charge in [-0.3, -0.25) is 0 Å². The molecule has 7 heteroatoms. The largest absolute Gasteiger partial charge is 0.382 e. The van der Waals surface area contributed by atoms with E-state index in [0.717, 1.165) is 17.8 Å². The van der Waals surface area contributed by atoms with Crippen molar-refractivity contribution < 1.29 is 0 Å². The Morgan fingerprint density at radius 2 is 1.82 bits per heavy atom. The smallest absolute Gasteiger partial charge is 0.224 e. The van der Waals surface area contributed by atoms with E-state index in [0.29, 0.717) is 17.7 Å². The minimum atomic E-state index is 0.0983. The average Bonchev–Trinajstić information content (AvgIpc) is 2.53. The van der Waals surface area contributed by atoms with Gasteiger partial charge in [0.25, 0.3) is 0 Å². The van der Waals surface area contributed by atoms with Gasteiger partial charge in [0, 0.05) is 5.69 Å².